The first-order valence-corrected chi connectivity index (χ1v) is 6.44. The van der Waals surface area contributed by atoms with Gasteiger partial charge in [0, 0.05) is 12.2 Å². The fraction of sp³-hybridized carbons (Fsp3) is 0.188. The normalized spacial score (nSPS) is 9.16. The maximum Gasteiger partial charge on any atom is 0.253 e. The fourth-order valence-corrected chi connectivity index (χ4v) is 1.58. The lowest BCUT2D eigenvalue weighted by atomic mass is 10.1. The molecule has 3 heteroatoms. The van der Waals surface area contributed by atoms with Gasteiger partial charge in [0.05, 0.1) is 5.56 Å². The van der Waals surface area contributed by atoms with Crippen LogP contribution in [0, 0.1) is 0 Å². The van der Waals surface area contributed by atoms with Crippen molar-refractivity contribution in [1.29, 1.82) is 0 Å². The van der Waals surface area contributed by atoms with Gasteiger partial charge < -0.3 is 11.1 Å². The van der Waals surface area contributed by atoms with E-state index in [1.54, 1.807) is 18.2 Å². The maximum atomic E-state index is 11.8. The minimum Gasteiger partial charge on any atom is -0.398 e. The number of nitrogens with two attached hydrogens (primary N) is 1. The average Bonchev–Trinajstić information content (AvgIpc) is 2.48. The van der Waals surface area contributed by atoms with Gasteiger partial charge >= 0.3 is 0 Å². The third kappa shape index (κ3) is 4.47. The highest BCUT2D eigenvalue weighted by Gasteiger charge is 2.07. The second kappa shape index (κ2) is 7.93. The minimum absolute atomic E-state index is 0.146. The van der Waals surface area contributed by atoms with Crippen LogP contribution < -0.4 is 11.1 Å². The number of carbonyl (C=O) groups excluding carboxylic acids is 1. The number of nitrogen functional groups attached to an aromatic ring is 1. The Hall–Kier alpha value is -2.29. The molecule has 0 saturated heterocycles. The van der Waals surface area contributed by atoms with Crippen LogP contribution in [-0.4, -0.2) is 5.91 Å². The Morgan fingerprint density at radius 2 is 1.58 bits per heavy atom. The molecule has 0 unspecified atom stereocenters. The monoisotopic (exact) mass is 256 g/mol. The fourth-order valence-electron chi connectivity index (χ4n) is 1.58. The van der Waals surface area contributed by atoms with Crippen molar-refractivity contribution in [2.24, 2.45) is 0 Å². The Kier molecular flexibility index (Phi) is 6.16. The van der Waals surface area contributed by atoms with Gasteiger partial charge in [0.15, 0.2) is 0 Å². The molecule has 2 aromatic carbocycles. The van der Waals surface area contributed by atoms with E-state index in [9.17, 15) is 4.79 Å². The third-order valence-corrected chi connectivity index (χ3v) is 2.50. The van der Waals surface area contributed by atoms with Crippen LogP contribution in [0.1, 0.15) is 29.8 Å². The Labute approximate surface area is 114 Å². The van der Waals surface area contributed by atoms with Crippen LogP contribution in [0.5, 0.6) is 0 Å². The average molecular weight is 256 g/mol. The molecule has 0 bridgehead atoms. The highest BCUT2D eigenvalue weighted by Crippen LogP contribution is 2.10. The Balaban J connectivity index is 0.000000861. The van der Waals surface area contributed by atoms with Crippen molar-refractivity contribution in [3.05, 3.63) is 65.7 Å². The Bertz CT molecular complexity index is 509. The summed E-state index contributed by atoms with van der Waals surface area (Å²) in [5, 5.41) is 2.84. The molecule has 2 rings (SSSR count). The van der Waals surface area contributed by atoms with Gasteiger partial charge in [-0.05, 0) is 17.7 Å². The summed E-state index contributed by atoms with van der Waals surface area (Å²) in [6.45, 7) is 4.51. The quantitative estimate of drug-likeness (QED) is 0.828. The molecule has 0 aliphatic carbocycles. The first-order chi connectivity index (χ1) is 9.27. The lowest BCUT2D eigenvalue weighted by Gasteiger charge is -2.07. The Morgan fingerprint density at radius 3 is 2.21 bits per heavy atom. The van der Waals surface area contributed by atoms with Crippen LogP contribution in [0.15, 0.2) is 54.6 Å². The van der Waals surface area contributed by atoms with Crippen LogP contribution >= 0.6 is 0 Å². The van der Waals surface area contributed by atoms with Crippen molar-refractivity contribution in [2.45, 2.75) is 20.4 Å². The highest BCUT2D eigenvalue weighted by molar-refractivity contribution is 5.98. The first-order valence-electron chi connectivity index (χ1n) is 6.44. The van der Waals surface area contributed by atoms with Gasteiger partial charge in [0.1, 0.15) is 0 Å². The van der Waals surface area contributed by atoms with Crippen molar-refractivity contribution < 1.29 is 4.79 Å². The number of hydrogen-bond donors (Lipinski definition) is 2. The van der Waals surface area contributed by atoms with E-state index in [1.807, 2.05) is 50.2 Å². The zero-order valence-electron chi connectivity index (χ0n) is 11.4. The third-order valence-electron chi connectivity index (χ3n) is 2.50. The number of benzene rings is 2. The number of nitrogens with one attached hydrogen (secondary N) is 1. The van der Waals surface area contributed by atoms with Crippen molar-refractivity contribution in [3.63, 3.8) is 0 Å². The molecule has 19 heavy (non-hydrogen) atoms. The standard InChI is InChI=1S/C14H14N2O.C2H6/c15-13-9-5-4-8-12(13)14(17)16-10-11-6-2-1-3-7-11;1-2/h1-9H,10,15H2,(H,16,17);1-2H3. The predicted molar refractivity (Wildman–Crippen MR) is 79.8 cm³/mol. The molecule has 0 spiro atoms. The molecule has 0 radical (unpaired) electrons. The van der Waals surface area contributed by atoms with Gasteiger partial charge in [-0.25, -0.2) is 0 Å². The summed E-state index contributed by atoms with van der Waals surface area (Å²) in [6.07, 6.45) is 0. The van der Waals surface area contributed by atoms with Crippen LogP contribution in [0.3, 0.4) is 0 Å². The van der Waals surface area contributed by atoms with E-state index in [-0.39, 0.29) is 5.91 Å². The molecule has 1 amide bonds. The molecule has 0 fully saturated rings. The summed E-state index contributed by atoms with van der Waals surface area (Å²) in [4.78, 5) is 11.8. The van der Waals surface area contributed by atoms with E-state index >= 15 is 0 Å². The largest absolute Gasteiger partial charge is 0.398 e. The van der Waals surface area contributed by atoms with Gasteiger partial charge in [-0.1, -0.05) is 56.3 Å². The lowest BCUT2D eigenvalue weighted by molar-refractivity contribution is 0.0952. The number of anilines is 1. The zero-order chi connectivity index (χ0) is 14.1. The van der Waals surface area contributed by atoms with E-state index in [0.717, 1.165) is 5.56 Å². The summed E-state index contributed by atoms with van der Waals surface area (Å²) in [5.41, 5.74) is 7.81. The molecule has 100 valence electrons. The van der Waals surface area contributed by atoms with E-state index in [1.165, 1.54) is 0 Å². The zero-order valence-corrected chi connectivity index (χ0v) is 11.4. The number of hydrogen-bond acceptors (Lipinski definition) is 2. The molecule has 0 heterocycles. The van der Waals surface area contributed by atoms with E-state index < -0.39 is 0 Å². The van der Waals surface area contributed by atoms with E-state index in [0.29, 0.717) is 17.8 Å². The summed E-state index contributed by atoms with van der Waals surface area (Å²) in [5.74, 6) is -0.146. The topological polar surface area (TPSA) is 55.1 Å². The van der Waals surface area contributed by atoms with Gasteiger partial charge in [-0.2, -0.15) is 0 Å². The summed E-state index contributed by atoms with van der Waals surface area (Å²) < 4.78 is 0. The van der Waals surface area contributed by atoms with Crippen LogP contribution in [0.4, 0.5) is 5.69 Å². The predicted octanol–water partition coefficient (Wildman–Crippen LogP) is 3.23. The summed E-state index contributed by atoms with van der Waals surface area (Å²) in [7, 11) is 0. The van der Waals surface area contributed by atoms with Gasteiger partial charge in [-0.15, -0.1) is 0 Å². The molecule has 0 aliphatic rings. The SMILES string of the molecule is CC.Nc1ccccc1C(=O)NCc1ccccc1. The number of para-hydroxylation sites is 1. The molecule has 3 N–H and O–H groups in total. The second-order valence-corrected chi connectivity index (χ2v) is 3.76. The van der Waals surface area contributed by atoms with Gasteiger partial charge in [0.2, 0.25) is 0 Å². The number of rotatable bonds is 3. The van der Waals surface area contributed by atoms with Crippen LogP contribution in [0.25, 0.3) is 0 Å². The molecule has 0 atom stereocenters. The summed E-state index contributed by atoms with van der Waals surface area (Å²) >= 11 is 0. The first kappa shape index (κ1) is 14.8. The van der Waals surface area contributed by atoms with Gasteiger partial charge in [-0.3, -0.25) is 4.79 Å². The van der Waals surface area contributed by atoms with Crippen molar-refractivity contribution in [1.82, 2.24) is 5.32 Å². The molecular weight excluding hydrogens is 236 g/mol. The molecule has 0 aromatic heterocycles. The van der Waals surface area contributed by atoms with Crippen LogP contribution in [0.2, 0.25) is 0 Å². The number of amides is 1. The lowest BCUT2D eigenvalue weighted by Crippen LogP contribution is -2.23. The van der Waals surface area contributed by atoms with Crippen molar-refractivity contribution >= 4 is 11.6 Å². The molecule has 3 nitrogen and oxygen atoms in total. The summed E-state index contributed by atoms with van der Waals surface area (Å²) in [6, 6.07) is 16.8. The minimum atomic E-state index is -0.146. The Morgan fingerprint density at radius 1 is 1.00 bits per heavy atom. The molecule has 0 saturated carbocycles. The van der Waals surface area contributed by atoms with Gasteiger partial charge in [0.25, 0.3) is 5.91 Å². The van der Waals surface area contributed by atoms with E-state index in [4.69, 9.17) is 5.73 Å². The number of carbonyl (C=O) groups is 1. The molecule has 0 aliphatic heterocycles. The maximum absolute atomic E-state index is 11.8. The molecular formula is C16H20N2O. The van der Waals surface area contributed by atoms with Crippen molar-refractivity contribution in [3.8, 4) is 0 Å². The smallest absolute Gasteiger partial charge is 0.253 e. The van der Waals surface area contributed by atoms with Crippen LogP contribution in [-0.2, 0) is 6.54 Å². The molecule has 2 aromatic rings. The second-order valence-electron chi connectivity index (χ2n) is 3.76. The highest BCUT2D eigenvalue weighted by atomic mass is 16.1. The van der Waals surface area contributed by atoms with E-state index in [2.05, 4.69) is 5.32 Å². The van der Waals surface area contributed by atoms with Crippen molar-refractivity contribution in [2.75, 3.05) is 5.73 Å².